The topological polar surface area (TPSA) is 50.2 Å². The number of rotatable bonds is 4. The van der Waals surface area contributed by atoms with Crippen molar-refractivity contribution >= 4 is 17.4 Å². The van der Waals surface area contributed by atoms with Crippen molar-refractivity contribution in [2.75, 3.05) is 0 Å². The summed E-state index contributed by atoms with van der Waals surface area (Å²) in [6.07, 6.45) is 0.543. The van der Waals surface area contributed by atoms with E-state index in [-0.39, 0.29) is 47.5 Å². The van der Waals surface area contributed by atoms with Gasteiger partial charge in [-0.1, -0.05) is 17.7 Å². The van der Waals surface area contributed by atoms with E-state index in [0.29, 0.717) is 0 Å². The van der Waals surface area contributed by atoms with E-state index >= 15 is 4.39 Å². The molecule has 0 bridgehead atoms. The molecule has 7 heteroatoms. The molecule has 0 unspecified atom stereocenters. The first-order chi connectivity index (χ1) is 12.1. The smallest absolute Gasteiger partial charge is 0.195 e. The van der Waals surface area contributed by atoms with Gasteiger partial charge in [0.1, 0.15) is 17.2 Å². The number of ketones is 1. The van der Waals surface area contributed by atoms with Crippen molar-refractivity contribution in [1.82, 2.24) is 4.98 Å². The van der Waals surface area contributed by atoms with Gasteiger partial charge in [-0.2, -0.15) is 0 Å². The normalized spacial score (nSPS) is 25.0. The largest absolute Gasteiger partial charge is 0.384 e. The highest BCUT2D eigenvalue weighted by atomic mass is 35.5. The van der Waals surface area contributed by atoms with Crippen LogP contribution in [0.1, 0.15) is 43.0 Å². The fourth-order valence-electron chi connectivity index (χ4n) is 3.36. The molecule has 1 N–H and O–H groups in total. The summed E-state index contributed by atoms with van der Waals surface area (Å²) in [5.41, 5.74) is -3.85. The van der Waals surface area contributed by atoms with Gasteiger partial charge in [-0.15, -0.1) is 0 Å². The van der Waals surface area contributed by atoms with Gasteiger partial charge in [-0.05, 0) is 44.4 Å². The molecule has 1 heterocycles. The van der Waals surface area contributed by atoms with Gasteiger partial charge in [-0.3, -0.25) is 9.78 Å². The Hall–Kier alpha value is -1.92. The molecule has 0 aliphatic heterocycles. The molecule has 3 rings (SSSR count). The Bertz CT molecular complexity index is 849. The van der Waals surface area contributed by atoms with Crippen LogP contribution in [0, 0.1) is 11.6 Å². The summed E-state index contributed by atoms with van der Waals surface area (Å²) < 4.78 is 43.3. The molecule has 0 fully saturated rings. The number of halogens is 4. The summed E-state index contributed by atoms with van der Waals surface area (Å²) in [5.74, 6) is -2.54. The van der Waals surface area contributed by atoms with E-state index in [0.717, 1.165) is 12.1 Å². The van der Waals surface area contributed by atoms with Crippen molar-refractivity contribution in [2.45, 2.75) is 43.9 Å². The molecule has 0 amide bonds. The number of alkyl halides is 1. The predicted molar refractivity (Wildman–Crippen MR) is 90.5 cm³/mol. The van der Waals surface area contributed by atoms with E-state index in [4.69, 9.17) is 11.6 Å². The van der Waals surface area contributed by atoms with Crippen LogP contribution in [0.15, 0.2) is 30.5 Å². The number of benzene rings is 1. The third kappa shape index (κ3) is 3.23. The Morgan fingerprint density at radius 3 is 2.62 bits per heavy atom. The van der Waals surface area contributed by atoms with Gasteiger partial charge in [0.05, 0.1) is 5.69 Å². The molecule has 2 aromatic rings. The van der Waals surface area contributed by atoms with Crippen molar-refractivity contribution < 1.29 is 23.1 Å². The minimum absolute atomic E-state index is 0.0123. The molecule has 0 spiro atoms. The molecule has 1 aromatic carbocycles. The van der Waals surface area contributed by atoms with Gasteiger partial charge >= 0.3 is 0 Å². The average Bonchev–Trinajstić information content (AvgIpc) is 2.58. The molecule has 0 saturated carbocycles. The van der Waals surface area contributed by atoms with Crippen LogP contribution in [0.5, 0.6) is 0 Å². The molecule has 1 aromatic heterocycles. The third-order valence-electron chi connectivity index (χ3n) is 4.85. The highest BCUT2D eigenvalue weighted by Crippen LogP contribution is 2.46. The minimum Gasteiger partial charge on any atom is -0.384 e. The zero-order valence-electron chi connectivity index (χ0n) is 14.0. The van der Waals surface area contributed by atoms with E-state index < -0.39 is 28.7 Å². The van der Waals surface area contributed by atoms with Crippen molar-refractivity contribution in [1.29, 1.82) is 0 Å². The maximum atomic E-state index is 15.6. The number of hydrogen-bond acceptors (Lipinski definition) is 3. The molecule has 0 radical (unpaired) electrons. The lowest BCUT2D eigenvalue weighted by Gasteiger charge is -2.37. The van der Waals surface area contributed by atoms with Gasteiger partial charge in [0.25, 0.3) is 0 Å². The van der Waals surface area contributed by atoms with Crippen molar-refractivity contribution in [3.63, 3.8) is 0 Å². The summed E-state index contributed by atoms with van der Waals surface area (Å²) in [6, 6.07) is 4.80. The number of carbonyl (C=O) groups excluding carboxylic acids is 1. The van der Waals surface area contributed by atoms with Crippen molar-refractivity contribution in [2.24, 2.45) is 0 Å². The van der Waals surface area contributed by atoms with E-state index in [1.807, 2.05) is 0 Å². The lowest BCUT2D eigenvalue weighted by atomic mass is 9.73. The quantitative estimate of drug-likeness (QED) is 0.852. The molecule has 3 nitrogen and oxygen atoms in total. The first-order valence-corrected chi connectivity index (χ1v) is 8.57. The van der Waals surface area contributed by atoms with Crippen LogP contribution < -0.4 is 0 Å². The summed E-state index contributed by atoms with van der Waals surface area (Å²) in [5, 5.41) is 10.3. The van der Waals surface area contributed by atoms with Gasteiger partial charge in [0.2, 0.25) is 0 Å². The predicted octanol–water partition coefficient (Wildman–Crippen LogP) is 4.38. The Morgan fingerprint density at radius 2 is 1.96 bits per heavy atom. The third-order valence-corrected chi connectivity index (χ3v) is 5.07. The summed E-state index contributed by atoms with van der Waals surface area (Å²) in [6.45, 7) is 1.52. The number of aromatic nitrogens is 1. The summed E-state index contributed by atoms with van der Waals surface area (Å²) in [7, 11) is 0. The average molecular weight is 384 g/mol. The Kier molecular flexibility index (Phi) is 4.84. The van der Waals surface area contributed by atoms with Crippen LogP contribution >= 0.6 is 11.6 Å². The maximum absolute atomic E-state index is 15.6. The monoisotopic (exact) mass is 383 g/mol. The second kappa shape index (κ2) is 6.67. The fraction of sp³-hybridized carbons (Fsp3) is 0.368. The van der Waals surface area contributed by atoms with E-state index in [2.05, 4.69) is 4.98 Å². The maximum Gasteiger partial charge on any atom is 0.195 e. The van der Waals surface area contributed by atoms with E-state index in [9.17, 15) is 18.7 Å². The molecular formula is C19H17ClF3NO2. The molecule has 26 heavy (non-hydrogen) atoms. The lowest BCUT2D eigenvalue weighted by molar-refractivity contribution is -0.134. The van der Waals surface area contributed by atoms with Crippen molar-refractivity contribution in [3.05, 3.63) is 63.9 Å². The Labute approximate surface area is 153 Å². The van der Waals surface area contributed by atoms with Gasteiger partial charge < -0.3 is 5.11 Å². The molecule has 138 valence electrons. The second-order valence-corrected chi connectivity index (χ2v) is 7.18. The minimum atomic E-state index is -2.34. The molecule has 1 aliphatic carbocycles. The van der Waals surface area contributed by atoms with Crippen LogP contribution in [0.4, 0.5) is 13.2 Å². The standard InChI is InChI=1S/C19H17ClF3NO2/c1-18(26)6-7-19(23,13-3-2-8-24-17(13)18)16(25)5-4-12-14(21)9-11(20)10-15(12)22/h2-3,8-10,26H,4-7H2,1H3/t18-,19-/m0/s1. The zero-order valence-corrected chi connectivity index (χ0v) is 14.8. The molecular weight excluding hydrogens is 367 g/mol. The van der Waals surface area contributed by atoms with Crippen LogP contribution in [0.2, 0.25) is 5.02 Å². The molecule has 1 aliphatic rings. The number of hydrogen-bond donors (Lipinski definition) is 1. The second-order valence-electron chi connectivity index (χ2n) is 6.75. The number of Topliss-reactive ketones (excluding diaryl/α,β-unsaturated/α-hetero) is 1. The van der Waals surface area contributed by atoms with E-state index in [1.165, 1.54) is 25.3 Å². The number of pyridine rings is 1. The molecule has 0 saturated heterocycles. The molecule has 2 atom stereocenters. The number of aliphatic hydroxyl groups is 1. The first-order valence-electron chi connectivity index (χ1n) is 8.19. The van der Waals surface area contributed by atoms with Crippen LogP contribution in [-0.4, -0.2) is 15.9 Å². The number of fused-ring (bicyclic) bond motifs is 1. The van der Waals surface area contributed by atoms with Crippen molar-refractivity contribution in [3.8, 4) is 0 Å². The fourth-order valence-corrected chi connectivity index (χ4v) is 3.55. The van der Waals surface area contributed by atoms with Crippen LogP contribution in [-0.2, 0) is 22.5 Å². The highest BCUT2D eigenvalue weighted by molar-refractivity contribution is 6.30. The zero-order chi connectivity index (χ0) is 19.1. The summed E-state index contributed by atoms with van der Waals surface area (Å²) >= 11 is 5.57. The highest BCUT2D eigenvalue weighted by Gasteiger charge is 2.49. The van der Waals surface area contributed by atoms with Gasteiger partial charge in [0, 0.05) is 28.8 Å². The SMILES string of the molecule is C[C@]1(O)CC[C@@](F)(C(=O)CCc2c(F)cc(Cl)cc2F)c2cccnc21. The van der Waals surface area contributed by atoms with Gasteiger partial charge in [0.15, 0.2) is 11.5 Å². The number of carbonyl (C=O) groups is 1. The Morgan fingerprint density at radius 1 is 1.31 bits per heavy atom. The Balaban J connectivity index is 1.87. The van der Waals surface area contributed by atoms with Crippen LogP contribution in [0.25, 0.3) is 0 Å². The van der Waals surface area contributed by atoms with E-state index in [1.54, 1.807) is 0 Å². The van der Waals surface area contributed by atoms with Crippen LogP contribution in [0.3, 0.4) is 0 Å². The first kappa shape index (κ1) is 18.9. The summed E-state index contributed by atoms with van der Waals surface area (Å²) in [4.78, 5) is 16.6. The lowest BCUT2D eigenvalue weighted by Crippen LogP contribution is -2.42. The van der Waals surface area contributed by atoms with Gasteiger partial charge in [-0.25, -0.2) is 13.2 Å². The number of nitrogens with zero attached hydrogens (tertiary/aromatic N) is 1.